The third-order valence-electron chi connectivity index (χ3n) is 9.65. The molecule has 0 atom stereocenters. The van der Waals surface area contributed by atoms with Crippen molar-refractivity contribution in [3.63, 3.8) is 0 Å². The number of furan rings is 1. The number of aromatic nitrogens is 3. The van der Waals surface area contributed by atoms with E-state index in [2.05, 4.69) is 10.2 Å². The Balaban J connectivity index is 1.39. The molecule has 0 radical (unpaired) electrons. The van der Waals surface area contributed by atoms with Crippen LogP contribution in [0.3, 0.4) is 0 Å². The topological polar surface area (TPSA) is 133 Å². The van der Waals surface area contributed by atoms with Crippen molar-refractivity contribution in [3.8, 4) is 22.6 Å². The number of likely N-dealkylation sites (tertiary alicyclic amines) is 1. The van der Waals surface area contributed by atoms with Crippen molar-refractivity contribution in [2.75, 3.05) is 37.7 Å². The van der Waals surface area contributed by atoms with E-state index in [1.807, 2.05) is 4.40 Å². The van der Waals surface area contributed by atoms with E-state index in [0.717, 1.165) is 10.6 Å². The second-order valence-corrected chi connectivity index (χ2v) is 15.8. The highest BCUT2D eigenvalue weighted by Gasteiger charge is 2.37. The average molecular weight is 725 g/mol. The van der Waals surface area contributed by atoms with Gasteiger partial charge in [0.25, 0.3) is 5.91 Å². The van der Waals surface area contributed by atoms with Gasteiger partial charge in [-0.2, -0.15) is 0 Å². The van der Waals surface area contributed by atoms with Crippen LogP contribution < -0.4 is 9.62 Å². The minimum atomic E-state index is -3.82. The second kappa shape index (κ2) is 11.8. The third-order valence-corrected chi connectivity index (χ3v) is 10.8. The molecule has 1 fully saturated rings. The van der Waals surface area contributed by atoms with Crippen molar-refractivity contribution in [1.29, 1.82) is 0 Å². The van der Waals surface area contributed by atoms with E-state index in [-0.39, 0.29) is 28.2 Å². The number of nitrogens with one attached hydrogen (secondary N) is 1. The minimum absolute atomic E-state index is 0.00696. The largest absolute Gasteiger partial charge is 0.455 e. The highest BCUT2D eigenvalue weighted by Crippen LogP contribution is 2.42. The number of halogens is 2. The zero-order chi connectivity index (χ0) is 36.9. The lowest BCUT2D eigenvalue weighted by Crippen LogP contribution is -2.59. The van der Waals surface area contributed by atoms with Gasteiger partial charge < -0.3 is 14.8 Å². The molecule has 11 nitrogen and oxygen atoms in total. The van der Waals surface area contributed by atoms with E-state index in [1.165, 1.54) is 38.4 Å². The van der Waals surface area contributed by atoms with E-state index in [4.69, 9.17) is 14.4 Å². The van der Waals surface area contributed by atoms with Crippen LogP contribution in [0.5, 0.6) is 0 Å². The average Bonchev–Trinajstić information content (AvgIpc) is 3.65. The number of carbonyl (C=O) groups excluding carboxylic acids is 1. The minimum Gasteiger partial charge on any atom is -0.455 e. The molecule has 0 aliphatic carbocycles. The number of aliphatic hydroxyl groups is 1. The number of benzene rings is 3. The molecule has 0 unspecified atom stereocenters. The summed E-state index contributed by atoms with van der Waals surface area (Å²) in [6, 6.07) is 17.7. The lowest BCUT2D eigenvalue weighted by Gasteiger charge is -2.44. The zero-order valence-corrected chi connectivity index (χ0v) is 29.8. The molecule has 4 aromatic heterocycles. The lowest BCUT2D eigenvalue weighted by atomic mass is 9.97. The van der Waals surface area contributed by atoms with Crippen molar-refractivity contribution in [3.05, 3.63) is 95.3 Å². The van der Waals surface area contributed by atoms with E-state index in [9.17, 15) is 18.3 Å². The van der Waals surface area contributed by atoms with Crippen molar-refractivity contribution in [1.82, 2.24) is 24.6 Å². The first-order valence-electron chi connectivity index (χ1n) is 16.5. The van der Waals surface area contributed by atoms with Crippen LogP contribution in [0.1, 0.15) is 28.7 Å². The van der Waals surface area contributed by atoms with Gasteiger partial charge in [0.1, 0.15) is 28.6 Å². The maximum Gasteiger partial charge on any atom is 0.255 e. The van der Waals surface area contributed by atoms with Gasteiger partial charge in [0.05, 0.1) is 57.5 Å². The molecule has 52 heavy (non-hydrogen) atoms. The fraction of sp³-hybridized carbons (Fsp3) is 0.237. The predicted octanol–water partition coefficient (Wildman–Crippen LogP) is 6.02. The number of nitrogens with zero attached hydrogens (tertiary/aromatic N) is 5. The lowest BCUT2D eigenvalue weighted by molar-refractivity contribution is -0.0880. The number of fused-ring (bicyclic) bond motifs is 6. The Morgan fingerprint density at radius 1 is 1.00 bits per heavy atom. The van der Waals surface area contributed by atoms with E-state index >= 15 is 8.78 Å². The quantitative estimate of drug-likeness (QED) is 0.204. The van der Waals surface area contributed by atoms with Crippen LogP contribution in [0.25, 0.3) is 61.0 Å². The predicted molar refractivity (Wildman–Crippen MR) is 196 cm³/mol. The van der Waals surface area contributed by atoms with Crippen LogP contribution >= 0.6 is 0 Å². The van der Waals surface area contributed by atoms with E-state index in [1.54, 1.807) is 56.3 Å². The van der Waals surface area contributed by atoms with Crippen LogP contribution in [-0.4, -0.2) is 77.7 Å². The fourth-order valence-corrected chi connectivity index (χ4v) is 7.68. The molecule has 7 aromatic rings. The Kier molecular flexibility index (Phi) is 7.64. The van der Waals surface area contributed by atoms with Gasteiger partial charge >= 0.3 is 0 Å². The summed E-state index contributed by atoms with van der Waals surface area (Å²) in [6.45, 7) is 4.84. The van der Waals surface area contributed by atoms with Gasteiger partial charge in [0, 0.05) is 49.6 Å². The summed E-state index contributed by atoms with van der Waals surface area (Å²) in [6.07, 6.45) is 1.06. The van der Waals surface area contributed by atoms with Crippen LogP contribution in [-0.2, 0) is 16.6 Å². The molecular formula is C38H34F2N6O5S. The van der Waals surface area contributed by atoms with Crippen LogP contribution in [0.2, 0.25) is 0 Å². The highest BCUT2D eigenvalue weighted by atomic mass is 32.2. The van der Waals surface area contributed by atoms with Crippen LogP contribution in [0.4, 0.5) is 14.5 Å². The first kappa shape index (κ1) is 33.7. The Bertz CT molecular complexity index is 2750. The molecular weight excluding hydrogens is 691 g/mol. The van der Waals surface area contributed by atoms with E-state index in [0.29, 0.717) is 75.1 Å². The zero-order valence-electron chi connectivity index (χ0n) is 29.0. The number of hydrogen-bond donors (Lipinski definition) is 2. The van der Waals surface area contributed by atoms with Gasteiger partial charge in [-0.3, -0.25) is 18.4 Å². The summed E-state index contributed by atoms with van der Waals surface area (Å²) in [5.74, 6) is -0.891. The molecule has 1 aliphatic heterocycles. The number of aryl methyl sites for hydroxylation is 1. The van der Waals surface area contributed by atoms with Crippen LogP contribution in [0, 0.1) is 18.6 Å². The SMILES string of the molecule is CNC(=O)c1c(-c2ccc(C)cc2F)oc2cc(N(C)S(C)(=O)=O)c(-c3ccc4nc(CN5CC(C)(O)C5)n5c6cccc(F)c6cc5c4n3)cc12. The first-order chi connectivity index (χ1) is 24.6. The standard InChI is InChI=1S/C38H34F2N6O5S/c1-20-9-10-21(26(40)13-20)36-34(37(47)41-3)24-14-23(30(16-32(24)51-36)44(4)52(5,49)50)27-11-12-28-35(43-27)31-15-22-25(39)7-6-8-29(22)46(31)33(42-28)17-45-18-38(2,48)19-45/h6-16,48H,17-19H2,1-5H3,(H,41,47). The van der Waals surface area contributed by atoms with Gasteiger partial charge in [-0.1, -0.05) is 12.1 Å². The van der Waals surface area contributed by atoms with Gasteiger partial charge in [0.15, 0.2) is 5.76 Å². The summed E-state index contributed by atoms with van der Waals surface area (Å²) in [5.41, 5.74) is 3.22. The number of hydrogen-bond acceptors (Lipinski definition) is 8. The van der Waals surface area contributed by atoms with Gasteiger partial charge in [-0.25, -0.2) is 27.2 Å². The maximum absolute atomic E-state index is 15.3. The molecule has 1 aliphatic rings. The number of pyridine rings is 1. The summed E-state index contributed by atoms with van der Waals surface area (Å²) in [5, 5.41) is 13.7. The number of β-amino-alcohol motifs (C(OH)–C–C–N with tert-alkyl or cyclic N) is 1. The molecule has 0 saturated carbocycles. The van der Waals surface area contributed by atoms with Crippen LogP contribution in [0.15, 0.2) is 71.1 Å². The summed E-state index contributed by atoms with van der Waals surface area (Å²) in [7, 11) is -0.972. The third kappa shape index (κ3) is 5.45. The molecule has 8 rings (SSSR count). The molecule has 5 heterocycles. The number of rotatable bonds is 7. The summed E-state index contributed by atoms with van der Waals surface area (Å²) in [4.78, 5) is 25.4. The molecule has 266 valence electrons. The number of amides is 1. The Morgan fingerprint density at radius 3 is 2.46 bits per heavy atom. The van der Waals surface area contributed by atoms with Crippen molar-refractivity contribution in [2.24, 2.45) is 0 Å². The first-order valence-corrected chi connectivity index (χ1v) is 18.4. The second-order valence-electron chi connectivity index (χ2n) is 13.7. The Labute approximate surface area is 297 Å². The number of carbonyl (C=O) groups is 1. The number of anilines is 1. The van der Waals surface area contributed by atoms with E-state index < -0.39 is 33.2 Å². The van der Waals surface area contributed by atoms with Crippen molar-refractivity contribution in [2.45, 2.75) is 26.0 Å². The molecule has 14 heteroatoms. The molecule has 1 amide bonds. The smallest absolute Gasteiger partial charge is 0.255 e. The molecule has 0 bridgehead atoms. The summed E-state index contributed by atoms with van der Waals surface area (Å²) >= 11 is 0. The fourth-order valence-electron chi connectivity index (χ4n) is 7.17. The van der Waals surface area contributed by atoms with Gasteiger partial charge in [0.2, 0.25) is 10.0 Å². The van der Waals surface area contributed by atoms with Crippen molar-refractivity contribution < 1.29 is 31.5 Å². The maximum atomic E-state index is 15.3. The molecule has 3 aromatic carbocycles. The van der Waals surface area contributed by atoms with Gasteiger partial charge in [-0.05, 0) is 67.9 Å². The van der Waals surface area contributed by atoms with Crippen molar-refractivity contribution >= 4 is 60.0 Å². The Hall–Kier alpha value is -5.44. The molecule has 2 N–H and O–H groups in total. The Morgan fingerprint density at radius 2 is 1.77 bits per heavy atom. The monoisotopic (exact) mass is 724 g/mol. The highest BCUT2D eigenvalue weighted by molar-refractivity contribution is 7.92. The van der Waals surface area contributed by atoms with Gasteiger partial charge in [-0.15, -0.1) is 0 Å². The number of sulfonamides is 1. The molecule has 1 saturated heterocycles. The summed E-state index contributed by atoms with van der Waals surface area (Å²) < 4.78 is 65.6. The molecule has 0 spiro atoms. The normalized spacial score (nSPS) is 14.8.